The summed E-state index contributed by atoms with van der Waals surface area (Å²) in [6.45, 7) is 0. The van der Waals surface area contributed by atoms with Gasteiger partial charge in [-0.25, -0.2) is 0 Å². The summed E-state index contributed by atoms with van der Waals surface area (Å²) in [5.74, 6) is 0.751. The van der Waals surface area contributed by atoms with Crippen molar-refractivity contribution in [3.63, 3.8) is 0 Å². The summed E-state index contributed by atoms with van der Waals surface area (Å²) in [6, 6.07) is 10.4. The fraction of sp³-hybridized carbons (Fsp3) is 0.417. The molecule has 68 valence electrons. The maximum Gasteiger partial charge on any atom is 0.123 e. The Bertz CT molecular complexity index is 278. The molecule has 0 N–H and O–H groups in total. The fourth-order valence-corrected chi connectivity index (χ4v) is 2.27. The molecule has 0 aromatic heterocycles. The molecule has 0 unspecified atom stereocenters. The van der Waals surface area contributed by atoms with E-state index < -0.39 is 0 Å². The van der Waals surface area contributed by atoms with Gasteiger partial charge in [0.25, 0.3) is 0 Å². The Morgan fingerprint density at radius 3 is 2.62 bits per heavy atom. The van der Waals surface area contributed by atoms with E-state index in [1.165, 1.54) is 18.4 Å². The Morgan fingerprint density at radius 1 is 1.15 bits per heavy atom. The molecular weight excluding hydrogens is 160 g/mol. The highest BCUT2D eigenvalue weighted by molar-refractivity contribution is 5.56. The average molecular weight is 174 g/mol. The summed E-state index contributed by atoms with van der Waals surface area (Å²) >= 11 is 0. The van der Waals surface area contributed by atoms with Crippen molar-refractivity contribution in [1.29, 1.82) is 0 Å². The number of carbonyl (C=O) groups excluding carboxylic acids is 1. The normalized spacial score (nSPS) is 27.4. The second-order valence-corrected chi connectivity index (χ2v) is 3.75. The van der Waals surface area contributed by atoms with Crippen LogP contribution in [0, 0.1) is 5.92 Å². The smallest absolute Gasteiger partial charge is 0.123 e. The highest BCUT2D eigenvalue weighted by Gasteiger charge is 2.27. The zero-order valence-corrected chi connectivity index (χ0v) is 7.65. The molecule has 1 heteroatoms. The first kappa shape index (κ1) is 8.49. The van der Waals surface area contributed by atoms with Gasteiger partial charge in [0.2, 0.25) is 0 Å². The molecule has 0 bridgehead atoms. The third-order valence-corrected chi connectivity index (χ3v) is 2.97. The number of hydrogen-bond donors (Lipinski definition) is 0. The van der Waals surface area contributed by atoms with Crippen molar-refractivity contribution in [3.05, 3.63) is 35.9 Å². The minimum absolute atomic E-state index is 0.266. The van der Waals surface area contributed by atoms with Gasteiger partial charge >= 0.3 is 0 Å². The number of aldehydes is 1. The van der Waals surface area contributed by atoms with Gasteiger partial charge in [0.15, 0.2) is 0 Å². The Labute approximate surface area is 78.8 Å². The van der Waals surface area contributed by atoms with Gasteiger partial charge in [-0.05, 0) is 24.3 Å². The van der Waals surface area contributed by atoms with Crippen molar-refractivity contribution in [2.24, 2.45) is 5.92 Å². The lowest BCUT2D eigenvalue weighted by atomic mass is 9.90. The molecule has 13 heavy (non-hydrogen) atoms. The van der Waals surface area contributed by atoms with Gasteiger partial charge in [-0.15, -0.1) is 0 Å². The predicted octanol–water partition coefficient (Wildman–Crippen LogP) is 2.77. The van der Waals surface area contributed by atoms with E-state index in [1.807, 2.05) is 6.07 Å². The van der Waals surface area contributed by atoms with Crippen LogP contribution in [0.15, 0.2) is 30.3 Å². The third-order valence-electron chi connectivity index (χ3n) is 2.97. The quantitative estimate of drug-likeness (QED) is 0.630. The van der Waals surface area contributed by atoms with Crippen LogP contribution in [0.25, 0.3) is 0 Å². The zero-order chi connectivity index (χ0) is 9.10. The Hall–Kier alpha value is -1.11. The summed E-state index contributed by atoms with van der Waals surface area (Å²) in [4.78, 5) is 10.8. The molecule has 1 aliphatic rings. The summed E-state index contributed by atoms with van der Waals surface area (Å²) in [5, 5.41) is 0. The average Bonchev–Trinajstić information content (AvgIpc) is 2.67. The molecule has 1 aliphatic carbocycles. The van der Waals surface area contributed by atoms with Crippen molar-refractivity contribution >= 4 is 6.29 Å². The molecule has 2 rings (SSSR count). The molecule has 0 amide bonds. The molecule has 1 aromatic carbocycles. The minimum atomic E-state index is 0.266. The molecule has 1 saturated carbocycles. The molecular formula is C12H14O. The van der Waals surface area contributed by atoms with Gasteiger partial charge in [0.05, 0.1) is 0 Å². The molecule has 0 spiro atoms. The molecule has 1 fully saturated rings. The maximum absolute atomic E-state index is 10.8. The highest BCUT2D eigenvalue weighted by atomic mass is 16.1. The molecule has 1 aromatic rings. The van der Waals surface area contributed by atoms with E-state index in [9.17, 15) is 4.79 Å². The number of benzene rings is 1. The first-order chi connectivity index (χ1) is 6.42. The molecule has 0 aliphatic heterocycles. The van der Waals surface area contributed by atoms with Crippen LogP contribution >= 0.6 is 0 Å². The van der Waals surface area contributed by atoms with Crippen LogP contribution in [-0.4, -0.2) is 6.29 Å². The largest absolute Gasteiger partial charge is 0.303 e. The van der Waals surface area contributed by atoms with Crippen LogP contribution in [-0.2, 0) is 4.79 Å². The highest BCUT2D eigenvalue weighted by Crippen LogP contribution is 2.37. The standard InChI is InChI=1S/C12H14O/c13-9-11-7-4-8-12(11)10-5-2-1-3-6-10/h1-3,5-6,9,11-12H,4,7-8H2/t11-,12+/m1/s1. The van der Waals surface area contributed by atoms with Gasteiger partial charge in [-0.2, -0.15) is 0 Å². The number of rotatable bonds is 2. The van der Waals surface area contributed by atoms with E-state index in [4.69, 9.17) is 0 Å². The van der Waals surface area contributed by atoms with Gasteiger partial charge in [0.1, 0.15) is 6.29 Å². The van der Waals surface area contributed by atoms with E-state index in [1.54, 1.807) is 0 Å². The van der Waals surface area contributed by atoms with Crippen LogP contribution in [0.3, 0.4) is 0 Å². The topological polar surface area (TPSA) is 17.1 Å². The van der Waals surface area contributed by atoms with Crippen molar-refractivity contribution in [2.45, 2.75) is 25.2 Å². The van der Waals surface area contributed by atoms with Crippen molar-refractivity contribution in [1.82, 2.24) is 0 Å². The lowest BCUT2D eigenvalue weighted by Gasteiger charge is -2.13. The summed E-state index contributed by atoms with van der Waals surface area (Å²) in [6.07, 6.45) is 4.57. The zero-order valence-electron chi connectivity index (χ0n) is 7.65. The van der Waals surface area contributed by atoms with Gasteiger partial charge < -0.3 is 4.79 Å². The van der Waals surface area contributed by atoms with Crippen LogP contribution in [0.4, 0.5) is 0 Å². The lowest BCUT2D eigenvalue weighted by molar-refractivity contribution is -0.111. The van der Waals surface area contributed by atoms with Crippen LogP contribution in [0.2, 0.25) is 0 Å². The summed E-state index contributed by atoms with van der Waals surface area (Å²) in [5.41, 5.74) is 1.33. The fourth-order valence-electron chi connectivity index (χ4n) is 2.27. The van der Waals surface area contributed by atoms with Gasteiger partial charge in [-0.3, -0.25) is 0 Å². The molecule has 0 saturated heterocycles. The minimum Gasteiger partial charge on any atom is -0.303 e. The van der Waals surface area contributed by atoms with E-state index >= 15 is 0 Å². The van der Waals surface area contributed by atoms with Crippen LogP contribution < -0.4 is 0 Å². The van der Waals surface area contributed by atoms with Crippen LogP contribution in [0.1, 0.15) is 30.7 Å². The number of hydrogen-bond acceptors (Lipinski definition) is 1. The molecule has 0 heterocycles. The van der Waals surface area contributed by atoms with E-state index in [2.05, 4.69) is 24.3 Å². The monoisotopic (exact) mass is 174 g/mol. The Kier molecular flexibility index (Phi) is 2.44. The Morgan fingerprint density at radius 2 is 1.92 bits per heavy atom. The summed E-state index contributed by atoms with van der Waals surface area (Å²) in [7, 11) is 0. The Balaban J connectivity index is 2.21. The maximum atomic E-state index is 10.8. The van der Waals surface area contributed by atoms with Crippen molar-refractivity contribution in [3.8, 4) is 0 Å². The first-order valence-electron chi connectivity index (χ1n) is 4.92. The first-order valence-corrected chi connectivity index (χ1v) is 4.92. The predicted molar refractivity (Wildman–Crippen MR) is 52.6 cm³/mol. The second kappa shape index (κ2) is 3.73. The van der Waals surface area contributed by atoms with Crippen LogP contribution in [0.5, 0.6) is 0 Å². The van der Waals surface area contributed by atoms with Crippen molar-refractivity contribution < 1.29 is 4.79 Å². The van der Waals surface area contributed by atoms with Crippen molar-refractivity contribution in [2.75, 3.05) is 0 Å². The lowest BCUT2D eigenvalue weighted by Crippen LogP contribution is -2.06. The SMILES string of the molecule is O=C[C@H]1CCC[C@H]1c1ccccc1. The molecule has 1 nitrogen and oxygen atoms in total. The molecule has 2 atom stereocenters. The van der Waals surface area contributed by atoms with E-state index in [-0.39, 0.29) is 5.92 Å². The van der Waals surface area contributed by atoms with E-state index in [0.717, 1.165) is 12.7 Å². The van der Waals surface area contributed by atoms with Gasteiger partial charge in [-0.1, -0.05) is 36.8 Å². The second-order valence-electron chi connectivity index (χ2n) is 3.75. The number of carbonyl (C=O) groups is 1. The third kappa shape index (κ3) is 1.64. The van der Waals surface area contributed by atoms with E-state index in [0.29, 0.717) is 5.92 Å². The van der Waals surface area contributed by atoms with Gasteiger partial charge in [0, 0.05) is 5.92 Å². The molecule has 0 radical (unpaired) electrons. The summed E-state index contributed by atoms with van der Waals surface area (Å²) < 4.78 is 0.